The van der Waals surface area contributed by atoms with Crippen LogP contribution in [-0.2, 0) is 21.2 Å². The molecule has 0 unspecified atom stereocenters. The van der Waals surface area contributed by atoms with Gasteiger partial charge in [-0.1, -0.05) is 25.0 Å². The van der Waals surface area contributed by atoms with Gasteiger partial charge in [-0.2, -0.15) is 4.31 Å². The molecule has 0 atom stereocenters. The molecule has 3 rings (SSSR count). The number of benzene rings is 1. The van der Waals surface area contributed by atoms with Crippen molar-refractivity contribution >= 4 is 21.8 Å². The molecule has 1 N–H and O–H groups in total. The maximum Gasteiger partial charge on any atom is 0.358 e. The second kappa shape index (κ2) is 9.80. The van der Waals surface area contributed by atoms with Gasteiger partial charge in [-0.25, -0.2) is 13.2 Å². The zero-order valence-corrected chi connectivity index (χ0v) is 17.3. The number of carbonyl (C=O) groups is 1. The molecule has 156 valence electrons. The molecule has 0 aliphatic carbocycles. The number of hydrogen-bond donors (Lipinski definition) is 1. The molecule has 1 fully saturated rings. The summed E-state index contributed by atoms with van der Waals surface area (Å²) in [5.74, 6) is 0.0253. The first-order chi connectivity index (χ1) is 14.0. The summed E-state index contributed by atoms with van der Waals surface area (Å²) in [6.07, 6.45) is 4.73. The average molecular weight is 419 g/mol. The zero-order valence-electron chi connectivity index (χ0n) is 16.5. The molecule has 8 nitrogen and oxygen atoms in total. The van der Waals surface area contributed by atoms with Crippen LogP contribution in [0.25, 0.3) is 0 Å². The number of hydrogen-bond acceptors (Lipinski definition) is 7. The number of anilines is 1. The topological polar surface area (TPSA) is 101 Å². The van der Waals surface area contributed by atoms with E-state index in [9.17, 15) is 13.2 Å². The van der Waals surface area contributed by atoms with Gasteiger partial charge in [-0.3, -0.25) is 0 Å². The summed E-state index contributed by atoms with van der Waals surface area (Å²) >= 11 is 0. The number of aromatic nitrogens is 2. The van der Waals surface area contributed by atoms with Crippen LogP contribution in [0.5, 0.6) is 0 Å². The fraction of sp³-hybridized carbons (Fsp3) is 0.450. The highest BCUT2D eigenvalue weighted by Gasteiger charge is 2.24. The van der Waals surface area contributed by atoms with Crippen molar-refractivity contribution in [3.8, 4) is 0 Å². The number of rotatable bonds is 7. The summed E-state index contributed by atoms with van der Waals surface area (Å²) in [6, 6.07) is 10.3. The summed E-state index contributed by atoms with van der Waals surface area (Å²) in [5, 5.41) is 10.9. The van der Waals surface area contributed by atoms with Crippen molar-refractivity contribution in [3.63, 3.8) is 0 Å². The third kappa shape index (κ3) is 5.51. The Morgan fingerprint density at radius 2 is 1.72 bits per heavy atom. The third-order valence-corrected chi connectivity index (χ3v) is 6.82. The molecule has 29 heavy (non-hydrogen) atoms. The van der Waals surface area contributed by atoms with Gasteiger partial charge in [0.15, 0.2) is 5.69 Å². The lowest BCUT2D eigenvalue weighted by Gasteiger charge is -2.20. The van der Waals surface area contributed by atoms with Gasteiger partial charge in [0.1, 0.15) is 5.82 Å². The minimum Gasteiger partial charge on any atom is -0.464 e. The van der Waals surface area contributed by atoms with Crippen molar-refractivity contribution in [2.75, 3.05) is 32.1 Å². The zero-order chi connectivity index (χ0) is 20.7. The lowest BCUT2D eigenvalue weighted by molar-refractivity contribution is 0.0592. The number of carbonyl (C=O) groups excluding carboxylic acids is 1. The van der Waals surface area contributed by atoms with Crippen LogP contribution in [0, 0.1) is 0 Å². The number of esters is 1. The molecule has 0 spiro atoms. The molecule has 0 saturated carbocycles. The van der Waals surface area contributed by atoms with Gasteiger partial charge >= 0.3 is 5.97 Å². The highest BCUT2D eigenvalue weighted by molar-refractivity contribution is 7.89. The Balaban J connectivity index is 1.54. The Hall–Kier alpha value is -2.52. The lowest BCUT2D eigenvalue weighted by atomic mass is 10.1. The molecule has 1 aliphatic rings. The summed E-state index contributed by atoms with van der Waals surface area (Å²) in [7, 11) is -2.13. The minimum absolute atomic E-state index is 0.152. The molecule has 1 saturated heterocycles. The monoisotopic (exact) mass is 418 g/mol. The molecule has 1 aromatic heterocycles. The molecule has 0 radical (unpaired) electrons. The molecule has 0 bridgehead atoms. The van der Waals surface area contributed by atoms with Gasteiger partial charge in [0.25, 0.3) is 0 Å². The summed E-state index contributed by atoms with van der Waals surface area (Å²) in [6.45, 7) is 1.80. The Bertz CT molecular complexity index is 907. The second-order valence-electron chi connectivity index (χ2n) is 6.93. The SMILES string of the molecule is COC(=O)c1ccc(NCCc2ccc(S(=O)(=O)N3CCCCCC3)cc2)nn1. The summed E-state index contributed by atoms with van der Waals surface area (Å²) in [4.78, 5) is 11.7. The molecule has 1 aliphatic heterocycles. The van der Waals surface area contributed by atoms with Crippen LogP contribution in [-0.4, -0.2) is 55.6 Å². The third-order valence-electron chi connectivity index (χ3n) is 4.91. The first-order valence-electron chi connectivity index (χ1n) is 9.76. The first-order valence-corrected chi connectivity index (χ1v) is 11.2. The van der Waals surface area contributed by atoms with Crippen LogP contribution < -0.4 is 5.32 Å². The smallest absolute Gasteiger partial charge is 0.358 e. The van der Waals surface area contributed by atoms with Crippen molar-refractivity contribution < 1.29 is 17.9 Å². The van der Waals surface area contributed by atoms with Crippen LogP contribution in [0.1, 0.15) is 41.7 Å². The van der Waals surface area contributed by atoms with Crippen LogP contribution in [0.3, 0.4) is 0 Å². The minimum atomic E-state index is -3.42. The number of nitrogens with one attached hydrogen (secondary N) is 1. The Morgan fingerprint density at radius 1 is 1.03 bits per heavy atom. The predicted octanol–water partition coefficient (Wildman–Crippen LogP) is 2.48. The van der Waals surface area contributed by atoms with Gasteiger partial charge in [0, 0.05) is 19.6 Å². The van der Waals surface area contributed by atoms with Gasteiger partial charge in [-0.15, -0.1) is 10.2 Å². The highest BCUT2D eigenvalue weighted by Crippen LogP contribution is 2.20. The Morgan fingerprint density at radius 3 is 2.31 bits per heavy atom. The van der Waals surface area contributed by atoms with E-state index in [1.165, 1.54) is 7.11 Å². The average Bonchev–Trinajstić information content (AvgIpc) is 3.04. The molecular weight excluding hydrogens is 392 g/mol. The standard InChI is InChI=1S/C20H26N4O4S/c1-28-20(25)18-10-11-19(23-22-18)21-13-12-16-6-8-17(9-7-16)29(26,27)24-14-4-2-3-5-15-24/h6-11H,2-5,12-15H2,1H3,(H,21,23). The summed E-state index contributed by atoms with van der Waals surface area (Å²) < 4.78 is 31.8. The van der Waals surface area contributed by atoms with Crippen molar-refractivity contribution in [3.05, 3.63) is 47.7 Å². The van der Waals surface area contributed by atoms with E-state index in [2.05, 4.69) is 20.3 Å². The number of methoxy groups -OCH3 is 1. The van der Waals surface area contributed by atoms with E-state index in [-0.39, 0.29) is 5.69 Å². The molecule has 9 heteroatoms. The normalized spacial score (nSPS) is 15.5. The van der Waals surface area contributed by atoms with E-state index in [1.807, 2.05) is 12.1 Å². The number of ether oxygens (including phenoxy) is 1. The van der Waals surface area contributed by atoms with Crippen LogP contribution in [0.15, 0.2) is 41.3 Å². The van der Waals surface area contributed by atoms with Crippen LogP contribution >= 0.6 is 0 Å². The second-order valence-corrected chi connectivity index (χ2v) is 8.87. The number of sulfonamides is 1. The lowest BCUT2D eigenvalue weighted by Crippen LogP contribution is -2.31. The van der Waals surface area contributed by atoms with Crippen molar-refractivity contribution in [2.45, 2.75) is 37.0 Å². The Kier molecular flexibility index (Phi) is 7.16. The van der Waals surface area contributed by atoms with Crippen LogP contribution in [0.2, 0.25) is 0 Å². The van der Waals surface area contributed by atoms with Gasteiger partial charge in [-0.05, 0) is 49.1 Å². The molecule has 1 aromatic carbocycles. The molecule has 0 amide bonds. The van der Waals surface area contributed by atoms with E-state index >= 15 is 0 Å². The molecule has 2 heterocycles. The van der Waals surface area contributed by atoms with E-state index in [1.54, 1.807) is 28.6 Å². The summed E-state index contributed by atoms with van der Waals surface area (Å²) in [5.41, 5.74) is 1.17. The van der Waals surface area contributed by atoms with E-state index in [4.69, 9.17) is 0 Å². The van der Waals surface area contributed by atoms with E-state index < -0.39 is 16.0 Å². The van der Waals surface area contributed by atoms with Gasteiger partial charge in [0.2, 0.25) is 10.0 Å². The van der Waals surface area contributed by atoms with E-state index in [0.29, 0.717) is 36.8 Å². The maximum atomic E-state index is 12.8. The quantitative estimate of drug-likeness (QED) is 0.689. The first kappa shape index (κ1) is 21.2. The van der Waals surface area contributed by atoms with Gasteiger partial charge < -0.3 is 10.1 Å². The van der Waals surface area contributed by atoms with E-state index in [0.717, 1.165) is 31.2 Å². The highest BCUT2D eigenvalue weighted by atomic mass is 32.2. The molecular formula is C20H26N4O4S. The van der Waals surface area contributed by atoms with Crippen LogP contribution in [0.4, 0.5) is 5.82 Å². The van der Waals surface area contributed by atoms with Crippen molar-refractivity contribution in [1.29, 1.82) is 0 Å². The van der Waals surface area contributed by atoms with Crippen molar-refractivity contribution in [1.82, 2.24) is 14.5 Å². The van der Waals surface area contributed by atoms with Crippen molar-refractivity contribution in [2.24, 2.45) is 0 Å². The fourth-order valence-corrected chi connectivity index (χ4v) is 4.75. The largest absolute Gasteiger partial charge is 0.464 e. The fourth-order valence-electron chi connectivity index (χ4n) is 3.23. The maximum absolute atomic E-state index is 12.8. The molecule has 2 aromatic rings. The number of nitrogens with zero attached hydrogens (tertiary/aromatic N) is 3. The predicted molar refractivity (Wildman–Crippen MR) is 109 cm³/mol. The Labute approximate surface area is 171 Å². The van der Waals surface area contributed by atoms with Gasteiger partial charge in [0.05, 0.1) is 12.0 Å².